The molecule has 1 atom stereocenters. The molecule has 0 aliphatic rings. The van der Waals surface area contributed by atoms with Gasteiger partial charge < -0.3 is 21.0 Å². The summed E-state index contributed by atoms with van der Waals surface area (Å²) < 4.78 is 28.1. The second-order valence-corrected chi connectivity index (χ2v) is 3.53. The predicted molar refractivity (Wildman–Crippen MR) is 64.2 cm³/mol. The van der Waals surface area contributed by atoms with Crippen LogP contribution in [0.25, 0.3) is 0 Å². The second-order valence-electron chi connectivity index (χ2n) is 3.53. The largest absolute Gasteiger partial charge is 0.435 e. The minimum Gasteiger partial charge on any atom is -0.435 e. The fourth-order valence-corrected chi connectivity index (χ4v) is 1.39. The molecule has 0 saturated heterocycles. The molecule has 1 aromatic rings. The first kappa shape index (κ1) is 14.0. The van der Waals surface area contributed by atoms with Crippen molar-refractivity contribution >= 4 is 11.5 Å². The molecule has 0 aliphatic heterocycles. The number of hydrogen-bond acceptors (Lipinski definition) is 4. The minimum atomic E-state index is -2.84. The van der Waals surface area contributed by atoms with Gasteiger partial charge in [0.1, 0.15) is 5.75 Å². The number of ether oxygens (including phenoxy) is 1. The zero-order chi connectivity index (χ0) is 13.5. The highest BCUT2D eigenvalue weighted by atomic mass is 19.3. The molecule has 100 valence electrons. The van der Waals surface area contributed by atoms with Crippen molar-refractivity contribution in [3.8, 4) is 5.75 Å². The number of nitrogens with one attached hydrogen (secondary N) is 1. The van der Waals surface area contributed by atoms with E-state index in [-0.39, 0.29) is 17.6 Å². The van der Waals surface area contributed by atoms with Crippen LogP contribution in [0, 0.1) is 0 Å². The summed E-state index contributed by atoms with van der Waals surface area (Å²) in [7, 11) is 0. The number of halogens is 2. The molecular weight excluding hydrogens is 244 g/mol. The van der Waals surface area contributed by atoms with Crippen LogP contribution in [-0.2, 0) is 0 Å². The van der Waals surface area contributed by atoms with E-state index in [1.165, 1.54) is 12.1 Å². The van der Waals surface area contributed by atoms with Gasteiger partial charge in [0.2, 0.25) is 0 Å². The average molecular weight is 259 g/mol. The summed E-state index contributed by atoms with van der Waals surface area (Å²) in [6.45, 7) is -0.978. The Hall–Kier alpha value is -2.05. The number of hydrogen-bond donors (Lipinski definition) is 3. The number of amidine groups is 1. The first-order valence-corrected chi connectivity index (χ1v) is 5.35. The van der Waals surface area contributed by atoms with Crippen molar-refractivity contribution in [3.05, 3.63) is 24.3 Å². The van der Waals surface area contributed by atoms with Crippen LogP contribution in [0.1, 0.15) is 13.3 Å². The lowest BCUT2D eigenvalue weighted by atomic mass is 10.2. The molecule has 7 heteroatoms. The van der Waals surface area contributed by atoms with Crippen LogP contribution >= 0.6 is 0 Å². The first-order chi connectivity index (χ1) is 8.56. The van der Waals surface area contributed by atoms with E-state index in [1.54, 1.807) is 12.1 Å². The van der Waals surface area contributed by atoms with Crippen LogP contribution in [0.3, 0.4) is 0 Å². The number of alkyl halides is 2. The Labute approximate surface area is 103 Å². The fraction of sp³-hybridized carbons (Fsp3) is 0.364. The molecule has 0 saturated carbocycles. The molecule has 0 aromatic heterocycles. The van der Waals surface area contributed by atoms with Crippen molar-refractivity contribution in [2.45, 2.75) is 26.0 Å². The van der Waals surface area contributed by atoms with Crippen molar-refractivity contribution in [2.75, 3.05) is 5.32 Å². The van der Waals surface area contributed by atoms with Crippen molar-refractivity contribution in [1.29, 1.82) is 0 Å². The Morgan fingerprint density at radius 1 is 1.44 bits per heavy atom. The zero-order valence-electron chi connectivity index (χ0n) is 9.81. The summed E-state index contributed by atoms with van der Waals surface area (Å²) in [6.07, 6.45) is 0.616. The van der Waals surface area contributed by atoms with E-state index in [2.05, 4.69) is 15.2 Å². The number of anilines is 1. The van der Waals surface area contributed by atoms with Gasteiger partial charge in [0, 0.05) is 5.69 Å². The summed E-state index contributed by atoms with van der Waals surface area (Å²) in [5, 5.41) is 14.5. The zero-order valence-corrected chi connectivity index (χ0v) is 9.81. The van der Waals surface area contributed by atoms with Gasteiger partial charge in [-0.15, -0.1) is 0 Å². The highest BCUT2D eigenvalue weighted by Gasteiger charge is 2.11. The van der Waals surface area contributed by atoms with Gasteiger partial charge in [0.05, 0.1) is 6.04 Å². The SMILES string of the molecule is CCC(Nc1ccc(OC(F)F)cc1)C(N)=NO. The molecule has 0 amide bonds. The Morgan fingerprint density at radius 2 is 2.06 bits per heavy atom. The van der Waals surface area contributed by atoms with Crippen LogP contribution in [0.4, 0.5) is 14.5 Å². The first-order valence-electron chi connectivity index (χ1n) is 5.35. The van der Waals surface area contributed by atoms with Gasteiger partial charge in [0.15, 0.2) is 5.84 Å². The molecule has 18 heavy (non-hydrogen) atoms. The Morgan fingerprint density at radius 3 is 2.50 bits per heavy atom. The molecule has 0 bridgehead atoms. The third-order valence-electron chi connectivity index (χ3n) is 2.30. The van der Waals surface area contributed by atoms with E-state index < -0.39 is 6.61 Å². The maximum Gasteiger partial charge on any atom is 0.387 e. The monoisotopic (exact) mass is 259 g/mol. The Bertz CT molecular complexity index is 396. The highest BCUT2D eigenvalue weighted by molar-refractivity contribution is 5.87. The number of rotatable bonds is 6. The van der Waals surface area contributed by atoms with E-state index in [0.29, 0.717) is 12.1 Å². The predicted octanol–water partition coefficient (Wildman–Crippen LogP) is 2.22. The lowest BCUT2D eigenvalue weighted by Crippen LogP contribution is -2.35. The molecule has 0 aliphatic carbocycles. The molecule has 0 spiro atoms. The average Bonchev–Trinajstić information content (AvgIpc) is 2.36. The summed E-state index contributed by atoms with van der Waals surface area (Å²) in [6, 6.07) is 5.65. The number of oxime groups is 1. The summed E-state index contributed by atoms with van der Waals surface area (Å²) in [4.78, 5) is 0. The maximum absolute atomic E-state index is 11.9. The van der Waals surface area contributed by atoms with Gasteiger partial charge >= 0.3 is 6.61 Å². The smallest absolute Gasteiger partial charge is 0.387 e. The number of nitrogens with zero attached hydrogens (tertiary/aromatic N) is 1. The van der Waals surface area contributed by atoms with Gasteiger partial charge in [-0.2, -0.15) is 8.78 Å². The van der Waals surface area contributed by atoms with Crippen molar-refractivity contribution in [1.82, 2.24) is 0 Å². The van der Waals surface area contributed by atoms with Crippen LogP contribution in [0.5, 0.6) is 5.75 Å². The number of benzene rings is 1. The van der Waals surface area contributed by atoms with E-state index in [9.17, 15) is 8.78 Å². The van der Waals surface area contributed by atoms with E-state index in [4.69, 9.17) is 10.9 Å². The van der Waals surface area contributed by atoms with Crippen molar-refractivity contribution in [2.24, 2.45) is 10.9 Å². The lowest BCUT2D eigenvalue weighted by molar-refractivity contribution is -0.0498. The molecule has 0 heterocycles. The molecule has 0 radical (unpaired) electrons. The van der Waals surface area contributed by atoms with E-state index in [1.807, 2.05) is 6.92 Å². The third-order valence-corrected chi connectivity index (χ3v) is 2.30. The Kier molecular flexibility index (Phi) is 5.16. The van der Waals surface area contributed by atoms with Crippen molar-refractivity contribution in [3.63, 3.8) is 0 Å². The maximum atomic E-state index is 11.9. The lowest BCUT2D eigenvalue weighted by Gasteiger charge is -2.16. The molecule has 1 rings (SSSR count). The van der Waals surface area contributed by atoms with E-state index >= 15 is 0 Å². The molecule has 4 N–H and O–H groups in total. The molecule has 1 aromatic carbocycles. The van der Waals surface area contributed by atoms with Gasteiger partial charge in [0.25, 0.3) is 0 Å². The standard InChI is InChI=1S/C11H15F2N3O2/c1-2-9(10(14)16-17)15-7-3-5-8(6-4-7)18-11(12)13/h3-6,9,11,15,17H,2H2,1H3,(H2,14,16). The normalized spacial score (nSPS) is 13.4. The van der Waals surface area contributed by atoms with Gasteiger partial charge in [-0.25, -0.2) is 0 Å². The van der Waals surface area contributed by atoms with Crippen LogP contribution in [0.2, 0.25) is 0 Å². The molecule has 5 nitrogen and oxygen atoms in total. The van der Waals surface area contributed by atoms with Gasteiger partial charge in [-0.1, -0.05) is 12.1 Å². The fourth-order valence-electron chi connectivity index (χ4n) is 1.39. The second kappa shape index (κ2) is 6.63. The minimum absolute atomic E-state index is 0.0606. The van der Waals surface area contributed by atoms with E-state index in [0.717, 1.165) is 0 Å². The molecule has 1 unspecified atom stereocenters. The number of nitrogens with two attached hydrogens (primary N) is 1. The van der Waals surface area contributed by atoms with Crippen LogP contribution in [0.15, 0.2) is 29.4 Å². The summed E-state index contributed by atoms with van der Waals surface area (Å²) in [5.41, 5.74) is 6.15. The Balaban J connectivity index is 2.68. The third kappa shape index (κ3) is 4.08. The summed E-state index contributed by atoms with van der Waals surface area (Å²) >= 11 is 0. The molecular formula is C11H15F2N3O2. The van der Waals surface area contributed by atoms with Crippen LogP contribution < -0.4 is 15.8 Å². The molecule has 0 fully saturated rings. The van der Waals surface area contributed by atoms with Crippen LogP contribution in [-0.4, -0.2) is 23.7 Å². The van der Waals surface area contributed by atoms with Gasteiger partial charge in [-0.05, 0) is 30.7 Å². The van der Waals surface area contributed by atoms with Crippen molar-refractivity contribution < 1.29 is 18.7 Å². The van der Waals surface area contributed by atoms with Gasteiger partial charge in [-0.3, -0.25) is 0 Å². The summed E-state index contributed by atoms with van der Waals surface area (Å²) in [5.74, 6) is 0.137. The topological polar surface area (TPSA) is 79.9 Å². The quantitative estimate of drug-likeness (QED) is 0.317. The highest BCUT2D eigenvalue weighted by Crippen LogP contribution is 2.18.